The van der Waals surface area contributed by atoms with E-state index in [-0.39, 0.29) is 22.5 Å². The monoisotopic (exact) mass is 634 g/mol. The van der Waals surface area contributed by atoms with Crippen molar-refractivity contribution in [1.82, 2.24) is 34.3 Å². The highest BCUT2D eigenvalue weighted by Crippen LogP contribution is 2.54. The Balaban J connectivity index is 1.59. The summed E-state index contributed by atoms with van der Waals surface area (Å²) in [7, 11) is -2.38. The number of nitrogens with one attached hydrogen (secondary N) is 2. The first-order chi connectivity index (χ1) is 22.2. The predicted molar refractivity (Wildman–Crippen MR) is 177 cm³/mol. The zero-order chi connectivity index (χ0) is 31.8. The number of likely N-dealkylation sites (N-methyl/N-ethyl adjacent to an activating group) is 1. The molecule has 6 heterocycles. The van der Waals surface area contributed by atoms with Gasteiger partial charge in [-0.1, -0.05) is 24.3 Å². The molecule has 2 aliphatic heterocycles. The van der Waals surface area contributed by atoms with Crippen LogP contribution in [0, 0.1) is 0 Å². The third kappa shape index (κ3) is 4.02. The number of aromatic amines is 1. The van der Waals surface area contributed by atoms with Crippen LogP contribution in [-0.4, -0.2) is 63.4 Å². The minimum Gasteiger partial charge on any atom is -0.317 e. The van der Waals surface area contributed by atoms with Crippen LogP contribution in [-0.2, 0) is 20.2 Å². The normalized spacial score (nSPS) is 18.7. The molecule has 12 heteroatoms. The van der Waals surface area contributed by atoms with Gasteiger partial charge in [0.05, 0.1) is 45.8 Å². The molecule has 2 aromatic carbocycles. The molecule has 46 heavy (non-hydrogen) atoms. The smallest absolute Gasteiger partial charge is 0.269 e. The van der Waals surface area contributed by atoms with Crippen molar-refractivity contribution in [2.24, 2.45) is 0 Å². The molecular weight excluding hydrogens is 600 g/mol. The second-order valence-corrected chi connectivity index (χ2v) is 14.3. The van der Waals surface area contributed by atoms with Crippen molar-refractivity contribution >= 4 is 43.6 Å². The number of hydrogen-bond donors (Lipinski definition) is 2. The predicted octanol–water partition coefficient (Wildman–Crippen LogP) is 5.25. The first-order valence-corrected chi connectivity index (χ1v) is 17.0. The van der Waals surface area contributed by atoms with Gasteiger partial charge in [-0.25, -0.2) is 17.4 Å². The number of hydrogen-bond acceptors (Lipinski definition) is 7. The molecule has 0 saturated carbocycles. The van der Waals surface area contributed by atoms with E-state index in [9.17, 15) is 13.2 Å². The van der Waals surface area contributed by atoms with E-state index < -0.39 is 15.4 Å². The molecule has 0 radical (unpaired) electrons. The Morgan fingerprint density at radius 3 is 2.59 bits per heavy atom. The SMILES string of the molecule is CC(C)n1cc(-c2c(-c3ccc4[nH]ncc4c3)c3c4c(cnc3n2S(=O)(=O)c2ccccc2)N(C)C(=O)C42CCCNCC2)cn1. The van der Waals surface area contributed by atoms with Gasteiger partial charge >= 0.3 is 0 Å². The van der Waals surface area contributed by atoms with Crippen molar-refractivity contribution in [3.05, 3.63) is 78.9 Å². The maximum atomic E-state index is 14.8. The molecule has 1 amide bonds. The minimum absolute atomic E-state index is 0.0181. The minimum atomic E-state index is -4.18. The number of amides is 1. The molecule has 2 N–H and O–H groups in total. The van der Waals surface area contributed by atoms with Gasteiger partial charge in [-0.15, -0.1) is 0 Å². The summed E-state index contributed by atoms with van der Waals surface area (Å²) in [6.45, 7) is 5.55. The lowest BCUT2D eigenvalue weighted by Crippen LogP contribution is -2.39. The molecule has 11 nitrogen and oxygen atoms in total. The van der Waals surface area contributed by atoms with E-state index >= 15 is 0 Å². The number of carbonyl (C=O) groups excluding carboxylic acids is 1. The molecule has 8 rings (SSSR count). The Bertz CT molecular complexity index is 2260. The van der Waals surface area contributed by atoms with Crippen molar-refractivity contribution in [3.63, 3.8) is 0 Å². The van der Waals surface area contributed by atoms with E-state index in [1.54, 1.807) is 60.9 Å². The van der Waals surface area contributed by atoms with Gasteiger partial charge in [0, 0.05) is 46.7 Å². The van der Waals surface area contributed by atoms with E-state index in [1.807, 2.05) is 42.9 Å². The summed E-state index contributed by atoms with van der Waals surface area (Å²) in [5.74, 6) is 0.0181. The lowest BCUT2D eigenvalue weighted by molar-refractivity contribution is -0.123. The van der Waals surface area contributed by atoms with Crippen LogP contribution in [0.4, 0.5) is 5.69 Å². The number of benzene rings is 2. The largest absolute Gasteiger partial charge is 0.317 e. The first kappa shape index (κ1) is 28.6. The summed E-state index contributed by atoms with van der Waals surface area (Å²) < 4.78 is 32.9. The van der Waals surface area contributed by atoms with Gasteiger partial charge in [0.2, 0.25) is 5.91 Å². The first-order valence-electron chi connectivity index (χ1n) is 15.6. The second kappa shape index (κ2) is 10.4. The van der Waals surface area contributed by atoms with Crippen LogP contribution < -0.4 is 10.2 Å². The topological polar surface area (TPSA) is 131 Å². The molecule has 1 unspecified atom stereocenters. The van der Waals surface area contributed by atoms with Crippen LogP contribution in [0.5, 0.6) is 0 Å². The van der Waals surface area contributed by atoms with Crippen molar-refractivity contribution < 1.29 is 13.2 Å². The molecule has 0 aliphatic carbocycles. The van der Waals surface area contributed by atoms with Gasteiger partial charge in [-0.05, 0) is 76.0 Å². The summed E-state index contributed by atoms with van der Waals surface area (Å²) in [5, 5.41) is 16.9. The fourth-order valence-corrected chi connectivity index (χ4v) is 8.85. The van der Waals surface area contributed by atoms with Gasteiger partial charge in [-0.3, -0.25) is 14.6 Å². The highest BCUT2D eigenvalue weighted by molar-refractivity contribution is 7.90. The molecule has 0 bridgehead atoms. The standard InChI is InChI=1S/C34H34N8O3S/c1-21(2)41-20-24(18-38-41)31-28(22-10-11-26-23(16-22)17-37-39-26)29-30-27(40(3)33(43)34(30)12-7-14-35-15-13-34)19-36-32(29)42(31)46(44,45)25-8-5-4-6-9-25/h4-6,8-11,16-21,35H,7,12-15H2,1-3H3,(H,37,39). The summed E-state index contributed by atoms with van der Waals surface area (Å²) in [6, 6.07) is 14.4. The van der Waals surface area contributed by atoms with Gasteiger partial charge in [-0.2, -0.15) is 10.2 Å². The Morgan fingerprint density at radius 2 is 1.80 bits per heavy atom. The maximum Gasteiger partial charge on any atom is 0.269 e. The summed E-state index contributed by atoms with van der Waals surface area (Å²) in [4.78, 5) is 21.0. The van der Waals surface area contributed by atoms with E-state index in [0.717, 1.165) is 35.0 Å². The fourth-order valence-electron chi connectivity index (χ4n) is 7.33. The lowest BCUT2D eigenvalue weighted by atomic mass is 9.74. The molecule has 234 valence electrons. The zero-order valence-electron chi connectivity index (χ0n) is 25.9. The Hall–Kier alpha value is -4.81. The maximum absolute atomic E-state index is 14.8. The number of carbonyl (C=O) groups is 1. The van der Waals surface area contributed by atoms with Crippen molar-refractivity contribution in [2.75, 3.05) is 25.0 Å². The summed E-state index contributed by atoms with van der Waals surface area (Å²) >= 11 is 0. The van der Waals surface area contributed by atoms with Crippen molar-refractivity contribution in [2.45, 2.75) is 49.5 Å². The van der Waals surface area contributed by atoms with Gasteiger partial charge < -0.3 is 10.2 Å². The number of nitrogens with zero attached hydrogens (tertiary/aromatic N) is 6. The molecule has 2 aliphatic rings. The number of H-pyrrole nitrogens is 1. The fraction of sp³-hybridized carbons (Fsp3) is 0.294. The van der Waals surface area contributed by atoms with Crippen LogP contribution in [0.1, 0.15) is 44.7 Å². The molecular formula is C34H34N8O3S. The average molecular weight is 635 g/mol. The van der Waals surface area contributed by atoms with Crippen molar-refractivity contribution in [1.29, 1.82) is 0 Å². The van der Waals surface area contributed by atoms with Gasteiger partial charge in [0.25, 0.3) is 10.0 Å². The highest BCUT2D eigenvalue weighted by atomic mass is 32.2. The van der Waals surface area contributed by atoms with Crippen LogP contribution in [0.15, 0.2) is 78.2 Å². The number of pyridine rings is 1. The van der Waals surface area contributed by atoms with Crippen LogP contribution in [0.2, 0.25) is 0 Å². The average Bonchev–Trinajstić information content (AvgIpc) is 3.81. The van der Waals surface area contributed by atoms with Crippen molar-refractivity contribution in [3.8, 4) is 22.4 Å². The second-order valence-electron chi connectivity index (χ2n) is 12.5. The number of aromatic nitrogens is 6. The lowest BCUT2D eigenvalue weighted by Gasteiger charge is -2.27. The zero-order valence-corrected chi connectivity index (χ0v) is 26.7. The highest BCUT2D eigenvalue weighted by Gasteiger charge is 2.52. The van der Waals surface area contributed by atoms with Gasteiger partial charge in [0.1, 0.15) is 0 Å². The molecule has 1 spiro atoms. The molecule has 1 saturated heterocycles. The van der Waals surface area contributed by atoms with Crippen LogP contribution in [0.3, 0.4) is 0 Å². The molecule has 4 aromatic heterocycles. The summed E-state index contributed by atoms with van der Waals surface area (Å²) in [5.41, 5.74) is 4.47. The Kier molecular flexibility index (Phi) is 6.45. The van der Waals surface area contributed by atoms with E-state index in [2.05, 4.69) is 20.6 Å². The van der Waals surface area contributed by atoms with Crippen LogP contribution >= 0.6 is 0 Å². The summed E-state index contributed by atoms with van der Waals surface area (Å²) in [6.07, 6.45) is 9.09. The Labute approximate surface area is 266 Å². The molecule has 6 aromatic rings. The molecule has 1 atom stereocenters. The van der Waals surface area contributed by atoms with E-state index in [1.165, 1.54) is 3.97 Å². The van der Waals surface area contributed by atoms with E-state index in [0.29, 0.717) is 47.3 Å². The van der Waals surface area contributed by atoms with Gasteiger partial charge in [0.15, 0.2) is 5.65 Å². The Morgan fingerprint density at radius 1 is 0.978 bits per heavy atom. The number of anilines is 1. The van der Waals surface area contributed by atoms with Crippen LogP contribution in [0.25, 0.3) is 44.3 Å². The number of fused-ring (bicyclic) bond motifs is 5. The third-order valence-electron chi connectivity index (χ3n) is 9.58. The number of rotatable bonds is 5. The molecule has 1 fully saturated rings. The van der Waals surface area contributed by atoms with E-state index in [4.69, 9.17) is 4.98 Å². The third-order valence-corrected chi connectivity index (χ3v) is 11.3. The quantitative estimate of drug-likeness (QED) is 0.265.